The molecule has 5 heteroatoms. The van der Waals surface area contributed by atoms with E-state index in [0.717, 1.165) is 41.5 Å². The molecule has 1 aromatic carbocycles. The average molecular weight is 336 g/mol. The van der Waals surface area contributed by atoms with Gasteiger partial charge in [0, 0.05) is 10.9 Å². The van der Waals surface area contributed by atoms with Crippen LogP contribution < -0.4 is 9.80 Å². The summed E-state index contributed by atoms with van der Waals surface area (Å²) in [4.78, 5) is 17.0. The van der Waals surface area contributed by atoms with Crippen molar-refractivity contribution in [1.82, 2.24) is 15.0 Å². The zero-order chi connectivity index (χ0) is 16.6. The quantitative estimate of drug-likeness (QED) is 0.754. The molecule has 1 saturated carbocycles. The van der Waals surface area contributed by atoms with Crippen LogP contribution in [0.15, 0.2) is 30.6 Å². The van der Waals surface area contributed by atoms with E-state index in [9.17, 15) is 0 Å². The molecule has 0 bridgehead atoms. The molecule has 0 unspecified atom stereocenters. The minimum absolute atomic E-state index is 0.898. The molecule has 2 fully saturated rings. The number of piperazine rings is 1. The molecule has 0 atom stereocenters. The number of para-hydroxylation sites is 1. The molecule has 3 aromatic rings. The van der Waals surface area contributed by atoms with Crippen LogP contribution in [-0.4, -0.2) is 47.2 Å². The smallest absolute Gasteiger partial charge is 0.156 e. The van der Waals surface area contributed by atoms with Crippen molar-refractivity contribution in [2.75, 3.05) is 31.1 Å². The van der Waals surface area contributed by atoms with Crippen LogP contribution in [0.3, 0.4) is 0 Å². The highest BCUT2D eigenvalue weighted by atomic mass is 15.3. The fourth-order valence-corrected chi connectivity index (χ4v) is 4.79. The van der Waals surface area contributed by atoms with Gasteiger partial charge in [0.15, 0.2) is 5.82 Å². The highest BCUT2D eigenvalue weighted by molar-refractivity contribution is 6.08. The van der Waals surface area contributed by atoms with Gasteiger partial charge in [-0.05, 0) is 31.7 Å². The van der Waals surface area contributed by atoms with E-state index in [0.29, 0.717) is 0 Å². The van der Waals surface area contributed by atoms with E-state index in [1.165, 1.54) is 50.6 Å². The summed E-state index contributed by atoms with van der Waals surface area (Å²) >= 11 is 0. The second-order valence-electron chi connectivity index (χ2n) is 7.57. The Labute approximate surface area is 148 Å². The maximum Gasteiger partial charge on any atom is 0.156 e. The number of hydrogen-bond donors (Lipinski definition) is 2. The van der Waals surface area contributed by atoms with E-state index < -0.39 is 0 Å². The second-order valence-corrected chi connectivity index (χ2v) is 7.57. The summed E-state index contributed by atoms with van der Waals surface area (Å²) in [6, 6.07) is 9.29. The lowest BCUT2D eigenvalue weighted by molar-refractivity contribution is -0.927. The molecule has 1 aliphatic heterocycles. The van der Waals surface area contributed by atoms with Crippen LogP contribution in [0, 0.1) is 0 Å². The molecule has 2 aliphatic rings. The van der Waals surface area contributed by atoms with Crippen molar-refractivity contribution < 1.29 is 4.90 Å². The molecule has 0 amide bonds. The maximum atomic E-state index is 4.64. The lowest BCUT2D eigenvalue weighted by Crippen LogP contribution is -3.18. The Bertz CT molecular complexity index is 872. The Morgan fingerprint density at radius 1 is 1.00 bits per heavy atom. The molecule has 2 aromatic heterocycles. The second kappa shape index (κ2) is 6.30. The van der Waals surface area contributed by atoms with Crippen LogP contribution >= 0.6 is 0 Å². The van der Waals surface area contributed by atoms with Gasteiger partial charge in [-0.3, -0.25) is 0 Å². The number of nitrogens with one attached hydrogen (secondary N) is 2. The molecule has 5 nitrogen and oxygen atoms in total. The van der Waals surface area contributed by atoms with E-state index >= 15 is 0 Å². The molecule has 0 spiro atoms. The number of quaternary nitrogens is 1. The third-order valence-electron chi connectivity index (χ3n) is 6.16. The zero-order valence-corrected chi connectivity index (χ0v) is 14.7. The number of fused-ring (bicyclic) bond motifs is 3. The number of anilines is 1. The summed E-state index contributed by atoms with van der Waals surface area (Å²) in [6.07, 6.45) is 8.87. The number of benzene rings is 1. The van der Waals surface area contributed by atoms with E-state index in [2.05, 4.69) is 44.1 Å². The van der Waals surface area contributed by atoms with Crippen LogP contribution in [0.2, 0.25) is 0 Å². The molecule has 130 valence electrons. The monoisotopic (exact) mass is 336 g/mol. The van der Waals surface area contributed by atoms with Gasteiger partial charge in [-0.25, -0.2) is 9.97 Å². The predicted octanol–water partition coefficient (Wildman–Crippen LogP) is 2.15. The van der Waals surface area contributed by atoms with Crippen molar-refractivity contribution in [3.05, 3.63) is 30.6 Å². The molecule has 2 N–H and O–H groups in total. The van der Waals surface area contributed by atoms with E-state index in [-0.39, 0.29) is 0 Å². The van der Waals surface area contributed by atoms with Crippen LogP contribution in [0.4, 0.5) is 5.82 Å². The van der Waals surface area contributed by atoms with E-state index in [1.807, 2.05) is 4.90 Å². The van der Waals surface area contributed by atoms with Crippen molar-refractivity contribution in [1.29, 1.82) is 0 Å². The number of aromatic nitrogens is 3. The van der Waals surface area contributed by atoms with Crippen molar-refractivity contribution >= 4 is 27.8 Å². The first-order chi connectivity index (χ1) is 12.4. The van der Waals surface area contributed by atoms with Crippen molar-refractivity contribution in [2.24, 2.45) is 0 Å². The lowest BCUT2D eigenvalue weighted by Gasteiger charge is -2.38. The van der Waals surface area contributed by atoms with Crippen LogP contribution in [0.25, 0.3) is 21.9 Å². The summed E-state index contributed by atoms with van der Waals surface area (Å²) in [5, 5.41) is 1.19. The first-order valence-electron chi connectivity index (χ1n) is 9.71. The van der Waals surface area contributed by atoms with Crippen molar-refractivity contribution in [3.8, 4) is 0 Å². The highest BCUT2D eigenvalue weighted by Crippen LogP contribution is 2.28. The van der Waals surface area contributed by atoms with E-state index in [1.54, 1.807) is 6.33 Å². The Morgan fingerprint density at radius 3 is 2.64 bits per heavy atom. The third-order valence-corrected chi connectivity index (χ3v) is 6.16. The molecule has 1 aliphatic carbocycles. The topological polar surface area (TPSA) is 49.2 Å². The fraction of sp³-hybridized carbons (Fsp3) is 0.500. The number of aromatic amines is 1. The third kappa shape index (κ3) is 2.67. The Balaban J connectivity index is 1.40. The molecular weight excluding hydrogens is 310 g/mol. The van der Waals surface area contributed by atoms with Gasteiger partial charge in [-0.1, -0.05) is 24.6 Å². The summed E-state index contributed by atoms with van der Waals surface area (Å²) in [5.74, 6) is 1.07. The number of rotatable bonds is 2. The first-order valence-corrected chi connectivity index (χ1v) is 9.71. The van der Waals surface area contributed by atoms with Crippen LogP contribution in [0.5, 0.6) is 0 Å². The first kappa shape index (κ1) is 15.1. The molecule has 0 radical (unpaired) electrons. The van der Waals surface area contributed by atoms with E-state index in [4.69, 9.17) is 0 Å². The number of H-pyrrole nitrogens is 1. The minimum atomic E-state index is 0.898. The van der Waals surface area contributed by atoms with Gasteiger partial charge in [0.2, 0.25) is 0 Å². The van der Waals surface area contributed by atoms with Crippen molar-refractivity contribution in [2.45, 2.75) is 38.1 Å². The van der Waals surface area contributed by atoms with Gasteiger partial charge in [0.05, 0.1) is 32.2 Å². The molecule has 3 heterocycles. The normalized spacial score (nSPS) is 20.6. The van der Waals surface area contributed by atoms with Gasteiger partial charge in [0.1, 0.15) is 17.4 Å². The summed E-state index contributed by atoms with van der Waals surface area (Å²) in [6.45, 7) is 4.65. The van der Waals surface area contributed by atoms with Crippen LogP contribution in [-0.2, 0) is 0 Å². The van der Waals surface area contributed by atoms with Gasteiger partial charge >= 0.3 is 0 Å². The summed E-state index contributed by atoms with van der Waals surface area (Å²) in [7, 11) is 0. The minimum Gasteiger partial charge on any atom is -0.350 e. The predicted molar refractivity (Wildman–Crippen MR) is 101 cm³/mol. The lowest BCUT2D eigenvalue weighted by atomic mass is 9.94. The Morgan fingerprint density at radius 2 is 1.80 bits per heavy atom. The summed E-state index contributed by atoms with van der Waals surface area (Å²) in [5.41, 5.74) is 3.28. The SMILES string of the molecule is c1ccc2c(c1)[nH]c1c(N3CC[NH+](C4CCCCC4)CC3)ncnc12. The van der Waals surface area contributed by atoms with Gasteiger partial charge in [-0.15, -0.1) is 0 Å². The maximum absolute atomic E-state index is 4.64. The molecule has 25 heavy (non-hydrogen) atoms. The number of nitrogens with zero attached hydrogens (tertiary/aromatic N) is 3. The largest absolute Gasteiger partial charge is 0.350 e. The average Bonchev–Trinajstić information content (AvgIpc) is 3.08. The molecule has 1 saturated heterocycles. The van der Waals surface area contributed by atoms with Gasteiger partial charge in [0.25, 0.3) is 0 Å². The van der Waals surface area contributed by atoms with Gasteiger partial charge < -0.3 is 14.8 Å². The summed E-state index contributed by atoms with van der Waals surface area (Å²) < 4.78 is 0. The zero-order valence-electron chi connectivity index (χ0n) is 14.7. The van der Waals surface area contributed by atoms with Crippen molar-refractivity contribution in [3.63, 3.8) is 0 Å². The molecular formula is C20H26N5+. The Hall–Kier alpha value is -2.14. The van der Waals surface area contributed by atoms with Crippen LogP contribution in [0.1, 0.15) is 32.1 Å². The van der Waals surface area contributed by atoms with Gasteiger partial charge in [-0.2, -0.15) is 0 Å². The Kier molecular flexibility index (Phi) is 3.82. The molecule has 5 rings (SSSR count). The standard InChI is InChI=1S/C20H25N5/c1-2-6-15(7-3-1)24-10-12-25(13-11-24)20-19-18(21-14-22-20)16-8-4-5-9-17(16)23-19/h4-5,8-9,14-15,23H,1-3,6-7,10-13H2/p+1. The number of hydrogen-bond acceptors (Lipinski definition) is 3. The highest BCUT2D eigenvalue weighted by Gasteiger charge is 2.29. The fourth-order valence-electron chi connectivity index (χ4n) is 4.79.